The summed E-state index contributed by atoms with van der Waals surface area (Å²) in [4.78, 5) is 22.5. The first-order valence-electron chi connectivity index (χ1n) is 16.3. The maximum atomic E-state index is 11.1. The van der Waals surface area contributed by atoms with Crippen molar-refractivity contribution in [2.75, 3.05) is 23.1 Å². The number of hydrogen-bond acceptors (Lipinski definition) is 10. The molecular weight excluding hydrogens is 679 g/mol. The lowest BCUT2D eigenvalue weighted by Gasteiger charge is -2.07. The second-order valence-corrected chi connectivity index (χ2v) is 13.8. The number of aromatic amines is 2. The topological polar surface area (TPSA) is 146 Å². The van der Waals surface area contributed by atoms with E-state index in [1.54, 1.807) is 30.6 Å². The normalized spacial score (nSPS) is 12.1. The second-order valence-electron chi connectivity index (χ2n) is 11.7. The predicted octanol–water partition coefficient (Wildman–Crippen LogP) is 9.40. The van der Waals surface area contributed by atoms with Gasteiger partial charge in [-0.2, -0.15) is 10.2 Å². The van der Waals surface area contributed by atoms with E-state index >= 15 is 0 Å². The Morgan fingerprint density at radius 3 is 2.16 bits per heavy atom. The van der Waals surface area contributed by atoms with Crippen LogP contribution in [0.4, 0.5) is 29.0 Å². The molecule has 5 N–H and O–H groups in total. The van der Waals surface area contributed by atoms with Crippen LogP contribution in [0.5, 0.6) is 5.75 Å². The summed E-state index contributed by atoms with van der Waals surface area (Å²) in [7, 11) is 1.67. The first-order valence-corrected chi connectivity index (χ1v) is 17.9. The Bertz CT molecular complexity index is 2250. The van der Waals surface area contributed by atoms with Crippen LogP contribution in [0, 0.1) is 0 Å². The molecule has 0 saturated heterocycles. The third kappa shape index (κ3) is 9.26. The predicted molar refractivity (Wildman–Crippen MR) is 204 cm³/mol. The zero-order valence-electron chi connectivity index (χ0n) is 27.9. The molecule has 4 aromatic heterocycles. The standard InChI is InChI=1S/C19H19N5OS.C19H16N4OS/c1-12(25)20-14-7-9-15(10-8-14)26-19-4-2-3-17(22-19)21-18-11-16(23-24-18)13-5-6-13;1-24-13-6-4-7-14(12-13)25-18-11-5-10-17(20-18)21-19-15-8-2-3-9-16(15)22-23-19/h2-4,7-11,13H,5-6H2,1H3,(H,20,25)(H2,21,22,23,24);2-12H,1H3,(H2,20,21,22,23). The average molecular weight is 714 g/mol. The van der Waals surface area contributed by atoms with Gasteiger partial charge in [0, 0.05) is 45.5 Å². The molecule has 1 aliphatic rings. The van der Waals surface area contributed by atoms with Crippen LogP contribution in [0.3, 0.4) is 0 Å². The fourth-order valence-corrected chi connectivity index (χ4v) is 6.77. The lowest BCUT2D eigenvalue weighted by Crippen LogP contribution is -2.05. The van der Waals surface area contributed by atoms with Crippen molar-refractivity contribution < 1.29 is 9.53 Å². The number of H-pyrrole nitrogens is 2. The number of amides is 1. The van der Waals surface area contributed by atoms with Gasteiger partial charge in [-0.1, -0.05) is 53.9 Å². The number of pyridine rings is 2. The quantitative estimate of drug-likeness (QED) is 0.0879. The van der Waals surface area contributed by atoms with Crippen LogP contribution >= 0.6 is 23.5 Å². The van der Waals surface area contributed by atoms with E-state index < -0.39 is 0 Å². The summed E-state index contributed by atoms with van der Waals surface area (Å²) in [6, 6.07) is 37.4. The van der Waals surface area contributed by atoms with E-state index in [-0.39, 0.29) is 5.91 Å². The van der Waals surface area contributed by atoms with Crippen LogP contribution < -0.4 is 20.7 Å². The number of nitrogens with one attached hydrogen (secondary N) is 5. The molecule has 0 unspecified atom stereocenters. The van der Waals surface area contributed by atoms with Gasteiger partial charge in [-0.3, -0.25) is 15.0 Å². The zero-order chi connectivity index (χ0) is 35.0. The van der Waals surface area contributed by atoms with Gasteiger partial charge in [0.05, 0.1) is 12.6 Å². The van der Waals surface area contributed by atoms with Crippen molar-refractivity contribution in [2.24, 2.45) is 0 Å². The number of aromatic nitrogens is 6. The summed E-state index contributed by atoms with van der Waals surface area (Å²) in [5.41, 5.74) is 2.97. The van der Waals surface area contributed by atoms with Gasteiger partial charge in [-0.05, 0) is 91.7 Å². The van der Waals surface area contributed by atoms with E-state index in [4.69, 9.17) is 4.74 Å². The van der Waals surface area contributed by atoms with E-state index in [2.05, 4.69) is 52.4 Å². The van der Waals surface area contributed by atoms with Crippen molar-refractivity contribution in [3.63, 3.8) is 0 Å². The van der Waals surface area contributed by atoms with Crippen molar-refractivity contribution in [2.45, 2.75) is 45.5 Å². The molecule has 0 aliphatic heterocycles. The second kappa shape index (κ2) is 15.8. The van der Waals surface area contributed by atoms with Crippen molar-refractivity contribution in [3.05, 3.63) is 121 Å². The smallest absolute Gasteiger partial charge is 0.221 e. The highest BCUT2D eigenvalue weighted by Gasteiger charge is 2.25. The largest absolute Gasteiger partial charge is 0.497 e. The van der Waals surface area contributed by atoms with Gasteiger partial charge < -0.3 is 20.7 Å². The summed E-state index contributed by atoms with van der Waals surface area (Å²) in [5, 5.41) is 26.9. The molecule has 51 heavy (non-hydrogen) atoms. The zero-order valence-corrected chi connectivity index (χ0v) is 29.5. The lowest BCUT2D eigenvalue weighted by molar-refractivity contribution is -0.114. The molecule has 1 aliphatic carbocycles. The van der Waals surface area contributed by atoms with E-state index in [9.17, 15) is 4.79 Å². The number of para-hydroxylation sites is 1. The molecule has 1 amide bonds. The molecule has 4 heterocycles. The molecule has 0 spiro atoms. The number of ether oxygens (including phenoxy) is 1. The summed E-state index contributed by atoms with van der Waals surface area (Å²) >= 11 is 3.16. The van der Waals surface area contributed by atoms with Crippen LogP contribution in [-0.2, 0) is 4.79 Å². The third-order valence-corrected chi connectivity index (χ3v) is 9.57. The molecule has 0 bridgehead atoms. The highest BCUT2D eigenvalue weighted by molar-refractivity contribution is 7.99. The molecule has 0 atom stereocenters. The van der Waals surface area contributed by atoms with Gasteiger partial charge >= 0.3 is 0 Å². The number of anilines is 5. The fourth-order valence-electron chi connectivity index (χ4n) is 5.11. The lowest BCUT2D eigenvalue weighted by atomic mass is 10.2. The van der Waals surface area contributed by atoms with E-state index in [1.165, 1.54) is 25.5 Å². The van der Waals surface area contributed by atoms with Gasteiger partial charge in [0.1, 0.15) is 27.4 Å². The third-order valence-electron chi connectivity index (χ3n) is 7.70. The molecule has 13 heteroatoms. The summed E-state index contributed by atoms with van der Waals surface area (Å²) in [6.45, 7) is 1.50. The van der Waals surface area contributed by atoms with Crippen LogP contribution in [-0.4, -0.2) is 43.4 Å². The van der Waals surface area contributed by atoms with Crippen molar-refractivity contribution in [1.29, 1.82) is 0 Å². The number of carbonyl (C=O) groups is 1. The summed E-state index contributed by atoms with van der Waals surface area (Å²) in [5.74, 6) is 4.49. The Morgan fingerprint density at radius 2 is 1.43 bits per heavy atom. The number of hydrogen-bond donors (Lipinski definition) is 5. The van der Waals surface area contributed by atoms with Gasteiger partial charge in [0.2, 0.25) is 5.91 Å². The van der Waals surface area contributed by atoms with Crippen molar-refractivity contribution in [3.8, 4) is 5.75 Å². The molecule has 8 rings (SSSR count). The average Bonchev–Trinajstić information content (AvgIpc) is 3.76. The number of rotatable bonds is 11. The van der Waals surface area contributed by atoms with Gasteiger partial charge in [-0.15, -0.1) is 0 Å². The van der Waals surface area contributed by atoms with Crippen molar-refractivity contribution >= 4 is 69.3 Å². The minimum Gasteiger partial charge on any atom is -0.497 e. The Hall–Kier alpha value is -5.79. The van der Waals surface area contributed by atoms with Crippen LogP contribution in [0.25, 0.3) is 10.9 Å². The molecule has 256 valence electrons. The van der Waals surface area contributed by atoms with Crippen LogP contribution in [0.2, 0.25) is 0 Å². The molecule has 3 aromatic carbocycles. The van der Waals surface area contributed by atoms with Crippen molar-refractivity contribution in [1.82, 2.24) is 30.4 Å². The minimum atomic E-state index is -0.0749. The molecule has 1 fully saturated rings. The van der Waals surface area contributed by atoms with E-state index in [1.807, 2.05) is 109 Å². The Kier molecular flexibility index (Phi) is 10.5. The van der Waals surface area contributed by atoms with Crippen LogP contribution in [0.1, 0.15) is 31.4 Å². The fraction of sp³-hybridized carbons (Fsp3) is 0.132. The maximum absolute atomic E-state index is 11.1. The monoisotopic (exact) mass is 713 g/mol. The van der Waals surface area contributed by atoms with Crippen LogP contribution in [0.15, 0.2) is 135 Å². The molecular formula is C38H35N9O2S2. The number of methoxy groups -OCH3 is 1. The van der Waals surface area contributed by atoms with Gasteiger partial charge in [0.15, 0.2) is 11.6 Å². The first-order chi connectivity index (χ1) is 25.0. The number of fused-ring (bicyclic) bond motifs is 1. The van der Waals surface area contributed by atoms with E-state index in [0.29, 0.717) is 5.92 Å². The highest BCUT2D eigenvalue weighted by Crippen LogP contribution is 2.40. The Morgan fingerprint density at radius 1 is 0.725 bits per heavy atom. The summed E-state index contributed by atoms with van der Waals surface area (Å²) < 4.78 is 5.27. The molecule has 11 nitrogen and oxygen atoms in total. The molecule has 7 aromatic rings. The van der Waals surface area contributed by atoms with E-state index in [0.717, 1.165) is 65.5 Å². The Labute approximate surface area is 303 Å². The number of carbonyl (C=O) groups excluding carboxylic acids is 1. The van der Waals surface area contributed by atoms with Gasteiger partial charge in [0.25, 0.3) is 0 Å². The Balaban J connectivity index is 0.000000159. The molecule has 0 radical (unpaired) electrons. The first kappa shape index (κ1) is 33.7. The number of benzene rings is 3. The minimum absolute atomic E-state index is 0.0749. The highest BCUT2D eigenvalue weighted by atomic mass is 32.2. The number of nitrogens with zero attached hydrogens (tertiary/aromatic N) is 4. The molecule has 1 saturated carbocycles. The summed E-state index contributed by atoms with van der Waals surface area (Å²) in [6.07, 6.45) is 2.49. The maximum Gasteiger partial charge on any atom is 0.221 e. The SMILES string of the molecule is CC(=O)Nc1ccc(Sc2cccc(Nc3cc(C4CC4)[nH]n3)n2)cc1.COc1cccc(Sc2cccc(Nc3n[nH]c4ccccc34)n2)c1. The van der Waals surface area contributed by atoms with Gasteiger partial charge in [-0.25, -0.2) is 9.97 Å².